The minimum Gasteiger partial charge on any atom is -0.342 e. The number of Topliss-reactive ketones (excluding diaryl/α,β-unsaturated/α-hetero) is 1. The molecule has 0 spiro atoms. The van der Waals surface area contributed by atoms with Gasteiger partial charge in [0.2, 0.25) is 5.91 Å². The van der Waals surface area contributed by atoms with Gasteiger partial charge in [0, 0.05) is 55.8 Å². The molecule has 1 amide bonds. The number of fused-ring (bicyclic) bond motifs is 1. The van der Waals surface area contributed by atoms with Crippen LogP contribution in [-0.2, 0) is 24.4 Å². The lowest BCUT2D eigenvalue weighted by molar-refractivity contribution is -0.137. The number of ketones is 1. The first-order chi connectivity index (χ1) is 18.6. The Hall–Kier alpha value is -3.74. The topological polar surface area (TPSA) is 79.0 Å². The fraction of sp³-hybridized carbons (Fsp3) is 0.448. The number of alkyl halides is 3. The van der Waals surface area contributed by atoms with Gasteiger partial charge in [0.1, 0.15) is 17.5 Å². The quantitative estimate of drug-likeness (QED) is 0.297. The third kappa shape index (κ3) is 5.14. The number of carbonyl (C=O) groups is 2. The molecule has 0 atom stereocenters. The number of halogens is 4. The van der Waals surface area contributed by atoms with Gasteiger partial charge in [-0.25, -0.2) is 9.37 Å². The first-order valence-corrected chi connectivity index (χ1v) is 13.1. The zero-order valence-electron chi connectivity index (χ0n) is 21.5. The highest BCUT2D eigenvalue weighted by Crippen LogP contribution is 2.43. The number of benzene rings is 1. The zero-order valence-corrected chi connectivity index (χ0v) is 21.5. The third-order valence-corrected chi connectivity index (χ3v) is 8.09. The van der Waals surface area contributed by atoms with E-state index in [0.717, 1.165) is 50.1 Å². The smallest absolute Gasteiger partial charge is 0.342 e. The van der Waals surface area contributed by atoms with Crippen molar-refractivity contribution in [2.45, 2.75) is 57.0 Å². The molecular weight excluding hydrogens is 512 g/mol. The maximum atomic E-state index is 14.6. The van der Waals surface area contributed by atoms with E-state index in [0.29, 0.717) is 31.5 Å². The fourth-order valence-electron chi connectivity index (χ4n) is 6.08. The minimum absolute atomic E-state index is 0.0207. The van der Waals surface area contributed by atoms with Crippen molar-refractivity contribution in [2.75, 3.05) is 13.1 Å². The zero-order chi connectivity index (χ0) is 27.9. The molecular formula is C29H28F4N4O2. The lowest BCUT2D eigenvalue weighted by atomic mass is 9.86. The molecule has 2 aromatic heterocycles. The van der Waals surface area contributed by atoms with Crippen LogP contribution in [0.1, 0.15) is 77.1 Å². The summed E-state index contributed by atoms with van der Waals surface area (Å²) in [5, 5.41) is 9.04. The van der Waals surface area contributed by atoms with Crippen molar-refractivity contribution >= 4 is 22.7 Å². The number of aryl methyl sites for hydroxylation is 1. The molecule has 5 rings (SSSR count). The van der Waals surface area contributed by atoms with Gasteiger partial charge in [0.25, 0.3) is 0 Å². The van der Waals surface area contributed by atoms with Crippen molar-refractivity contribution < 1.29 is 27.2 Å². The van der Waals surface area contributed by atoms with Gasteiger partial charge in [-0.2, -0.15) is 18.4 Å². The maximum absolute atomic E-state index is 14.6. The van der Waals surface area contributed by atoms with Crippen LogP contribution in [0.5, 0.6) is 0 Å². The van der Waals surface area contributed by atoms with Gasteiger partial charge in [-0.05, 0) is 60.9 Å². The molecule has 0 radical (unpaired) electrons. The maximum Gasteiger partial charge on any atom is 0.417 e. The third-order valence-electron chi connectivity index (χ3n) is 8.09. The van der Waals surface area contributed by atoms with Crippen LogP contribution in [0.3, 0.4) is 0 Å². The van der Waals surface area contributed by atoms with Gasteiger partial charge in [-0.1, -0.05) is 12.8 Å². The van der Waals surface area contributed by atoms with Crippen molar-refractivity contribution in [3.63, 3.8) is 0 Å². The van der Waals surface area contributed by atoms with Crippen molar-refractivity contribution in [2.24, 2.45) is 13.0 Å². The molecule has 1 aromatic carbocycles. The molecule has 1 aliphatic heterocycles. The van der Waals surface area contributed by atoms with Gasteiger partial charge in [-0.15, -0.1) is 0 Å². The number of nitriles is 1. The van der Waals surface area contributed by atoms with E-state index >= 15 is 0 Å². The Kier molecular flexibility index (Phi) is 7.19. The summed E-state index contributed by atoms with van der Waals surface area (Å²) in [7, 11) is 1.64. The minimum atomic E-state index is -4.76. The van der Waals surface area contributed by atoms with Crippen molar-refractivity contribution in [3.05, 3.63) is 64.2 Å². The first kappa shape index (κ1) is 26.9. The Morgan fingerprint density at radius 3 is 2.46 bits per heavy atom. The van der Waals surface area contributed by atoms with Gasteiger partial charge in [-0.3, -0.25) is 9.59 Å². The molecule has 204 valence electrons. The second-order valence-corrected chi connectivity index (χ2v) is 10.5. The van der Waals surface area contributed by atoms with Crippen LogP contribution < -0.4 is 0 Å². The molecule has 6 nitrogen and oxygen atoms in total. The number of carbonyl (C=O) groups excluding carboxylic acids is 2. The average molecular weight is 541 g/mol. The Morgan fingerprint density at radius 1 is 1.13 bits per heavy atom. The van der Waals surface area contributed by atoms with Crippen molar-refractivity contribution in [1.82, 2.24) is 14.5 Å². The average Bonchev–Trinajstić information content (AvgIpc) is 3.56. The molecule has 1 saturated carbocycles. The first-order valence-electron chi connectivity index (χ1n) is 13.1. The molecule has 3 aromatic rings. The van der Waals surface area contributed by atoms with Gasteiger partial charge >= 0.3 is 6.18 Å². The van der Waals surface area contributed by atoms with E-state index in [1.807, 2.05) is 4.90 Å². The van der Waals surface area contributed by atoms with Gasteiger partial charge < -0.3 is 9.47 Å². The number of nitrogens with zero attached hydrogens (tertiary/aromatic N) is 4. The fourth-order valence-corrected chi connectivity index (χ4v) is 6.08. The molecule has 3 heterocycles. The molecule has 0 bridgehead atoms. The van der Waals surface area contributed by atoms with Crippen LogP contribution in [-0.4, -0.2) is 39.2 Å². The Balaban J connectivity index is 1.47. The van der Waals surface area contributed by atoms with Crippen molar-refractivity contribution in [3.8, 4) is 6.07 Å². The normalized spacial score (nSPS) is 17.1. The molecule has 0 N–H and O–H groups in total. The molecule has 1 aliphatic carbocycles. The van der Waals surface area contributed by atoms with E-state index in [-0.39, 0.29) is 45.5 Å². The number of aromatic nitrogens is 2. The molecule has 10 heteroatoms. The molecule has 2 fully saturated rings. The van der Waals surface area contributed by atoms with E-state index in [2.05, 4.69) is 4.98 Å². The number of likely N-dealkylation sites (tertiary alicyclic amines) is 1. The lowest BCUT2D eigenvalue weighted by Gasteiger charge is -2.33. The predicted molar refractivity (Wildman–Crippen MR) is 135 cm³/mol. The summed E-state index contributed by atoms with van der Waals surface area (Å²) in [4.78, 5) is 31.9. The van der Waals surface area contributed by atoms with Crippen LogP contribution in [0.25, 0.3) is 11.0 Å². The highest BCUT2D eigenvalue weighted by atomic mass is 19.4. The highest BCUT2D eigenvalue weighted by molar-refractivity contribution is 5.99. The van der Waals surface area contributed by atoms with Crippen LogP contribution in [0.2, 0.25) is 0 Å². The van der Waals surface area contributed by atoms with Gasteiger partial charge in [0.05, 0.1) is 11.1 Å². The number of piperidine rings is 1. The van der Waals surface area contributed by atoms with E-state index < -0.39 is 29.8 Å². The number of hydrogen-bond acceptors (Lipinski definition) is 4. The van der Waals surface area contributed by atoms with Crippen molar-refractivity contribution in [1.29, 1.82) is 5.26 Å². The summed E-state index contributed by atoms with van der Waals surface area (Å²) in [5.74, 6) is -1.45. The summed E-state index contributed by atoms with van der Waals surface area (Å²) >= 11 is 0. The molecule has 2 aliphatic rings. The number of rotatable bonds is 5. The molecule has 0 unspecified atom stereocenters. The van der Waals surface area contributed by atoms with Gasteiger partial charge in [0.15, 0.2) is 5.78 Å². The number of amides is 1. The van der Waals surface area contributed by atoms with E-state index in [4.69, 9.17) is 5.26 Å². The van der Waals surface area contributed by atoms with E-state index in [9.17, 15) is 27.2 Å². The second kappa shape index (κ2) is 10.4. The van der Waals surface area contributed by atoms with Crippen LogP contribution in [0.4, 0.5) is 17.6 Å². The summed E-state index contributed by atoms with van der Waals surface area (Å²) in [6.45, 7) is 0.990. The van der Waals surface area contributed by atoms with E-state index in [1.54, 1.807) is 23.9 Å². The SMILES string of the molecule is Cn1cc(C2CCN(C(=O)C3CCCC3)CC2)c2c(C(F)(F)F)c(CC(=O)c3ccc(F)c(C#N)c3)cnc21. The van der Waals surface area contributed by atoms with E-state index in [1.165, 1.54) is 0 Å². The second-order valence-electron chi connectivity index (χ2n) is 10.5. The standard InChI is InChI=1S/C29H28F4N4O2/c1-36-16-22(17-8-10-37(11-9-17)28(39)18-4-2-3-5-18)25-26(29(31,32)33)21(15-35-27(25)36)13-24(38)19-6-7-23(30)20(12-19)14-34/h6-7,12,15-18H,2-5,8-11,13H2,1H3. The highest BCUT2D eigenvalue weighted by Gasteiger charge is 2.39. The Bertz CT molecular complexity index is 1470. The Labute approximate surface area is 223 Å². The largest absolute Gasteiger partial charge is 0.417 e. The summed E-state index contributed by atoms with van der Waals surface area (Å²) in [6.07, 6.45) is 2.41. The van der Waals surface area contributed by atoms with Crippen LogP contribution in [0, 0.1) is 23.1 Å². The molecule has 1 saturated heterocycles. The lowest BCUT2D eigenvalue weighted by Crippen LogP contribution is -2.40. The van der Waals surface area contributed by atoms with Crippen LogP contribution in [0.15, 0.2) is 30.6 Å². The predicted octanol–water partition coefficient (Wildman–Crippen LogP) is 5.92. The monoisotopic (exact) mass is 540 g/mol. The Morgan fingerprint density at radius 2 is 1.82 bits per heavy atom. The number of hydrogen-bond donors (Lipinski definition) is 0. The molecule has 39 heavy (non-hydrogen) atoms. The summed E-state index contributed by atoms with van der Waals surface area (Å²) in [5.41, 5.74) is -0.885. The number of pyridine rings is 1. The summed E-state index contributed by atoms with van der Waals surface area (Å²) in [6, 6.07) is 4.80. The summed E-state index contributed by atoms with van der Waals surface area (Å²) < 4.78 is 59.1. The van der Waals surface area contributed by atoms with Crippen LogP contribution >= 0.6 is 0 Å².